The number of aliphatic hydroxyl groups excluding tert-OH is 1. The van der Waals surface area contributed by atoms with Gasteiger partial charge in [-0.15, -0.1) is 0 Å². The quantitative estimate of drug-likeness (QED) is 0.437. The molecule has 0 amide bonds. The van der Waals surface area contributed by atoms with Gasteiger partial charge >= 0.3 is 0 Å². The molecule has 0 aromatic carbocycles. The van der Waals surface area contributed by atoms with Crippen LogP contribution in [0.15, 0.2) is 0 Å². The maximum atomic E-state index is 10.5. The molecule has 0 aliphatic carbocycles. The number of rotatable bonds is 3. The molecule has 0 aliphatic rings. The smallest absolute Gasteiger partial charge is 0.249 e. The SMILES string of the molecule is CC(=O)CN(CO)C(Cl)(Cl)Cl.O. The Morgan fingerprint density at radius 1 is 1.50 bits per heavy atom. The summed E-state index contributed by atoms with van der Waals surface area (Å²) in [7, 11) is 0. The van der Waals surface area contributed by atoms with Gasteiger partial charge in [0, 0.05) is 0 Å². The summed E-state index contributed by atoms with van der Waals surface area (Å²) in [5.74, 6) is -0.176. The van der Waals surface area contributed by atoms with E-state index in [-0.39, 0.29) is 17.8 Å². The van der Waals surface area contributed by atoms with Crippen LogP contribution in [0.5, 0.6) is 0 Å². The van der Waals surface area contributed by atoms with Gasteiger partial charge < -0.3 is 10.6 Å². The third-order valence-corrected chi connectivity index (χ3v) is 1.66. The maximum absolute atomic E-state index is 10.5. The highest BCUT2D eigenvalue weighted by Gasteiger charge is 2.29. The predicted octanol–water partition coefficient (Wildman–Crippen LogP) is 0.330. The molecule has 7 heteroatoms. The van der Waals surface area contributed by atoms with Crippen LogP contribution >= 0.6 is 34.8 Å². The second-order valence-electron chi connectivity index (χ2n) is 2.01. The summed E-state index contributed by atoms with van der Waals surface area (Å²) in [5.41, 5.74) is 0. The first kappa shape index (κ1) is 14.9. The normalized spacial score (nSPS) is 11.2. The molecule has 0 fully saturated rings. The van der Waals surface area contributed by atoms with Crippen LogP contribution in [0.1, 0.15) is 6.92 Å². The Labute approximate surface area is 85.3 Å². The molecule has 0 spiro atoms. The number of hydrogen-bond acceptors (Lipinski definition) is 3. The summed E-state index contributed by atoms with van der Waals surface area (Å²) >= 11 is 16.2. The average Bonchev–Trinajstić information content (AvgIpc) is 1.79. The number of nitrogens with zero attached hydrogens (tertiary/aromatic N) is 1. The Morgan fingerprint density at radius 3 is 2.00 bits per heavy atom. The van der Waals surface area contributed by atoms with E-state index in [4.69, 9.17) is 39.9 Å². The topological polar surface area (TPSA) is 72.0 Å². The number of Topliss-reactive ketones (excluding diaryl/α,β-unsaturated/α-hetero) is 1. The number of alkyl halides is 3. The van der Waals surface area contributed by atoms with Crippen molar-refractivity contribution < 1.29 is 15.4 Å². The lowest BCUT2D eigenvalue weighted by Gasteiger charge is -2.25. The number of halogens is 3. The molecule has 0 saturated heterocycles. The minimum atomic E-state index is -1.72. The Balaban J connectivity index is 0. The molecule has 4 nitrogen and oxygen atoms in total. The third-order valence-electron chi connectivity index (χ3n) is 0.943. The number of carbonyl (C=O) groups is 1. The van der Waals surface area contributed by atoms with Gasteiger partial charge in [-0.1, -0.05) is 34.8 Å². The minimum absolute atomic E-state index is 0. The van der Waals surface area contributed by atoms with Crippen molar-refractivity contribution in [3.63, 3.8) is 0 Å². The molecule has 74 valence electrons. The fourth-order valence-electron chi connectivity index (χ4n) is 0.489. The highest BCUT2D eigenvalue weighted by Crippen LogP contribution is 2.29. The average molecular weight is 238 g/mol. The predicted molar refractivity (Wildman–Crippen MR) is 48.4 cm³/mol. The first-order chi connectivity index (χ1) is 4.88. The number of carbonyl (C=O) groups excluding carboxylic acids is 1. The van der Waals surface area contributed by atoms with E-state index in [1.807, 2.05) is 0 Å². The molecule has 0 atom stereocenters. The van der Waals surface area contributed by atoms with Crippen molar-refractivity contribution in [3.8, 4) is 0 Å². The second kappa shape index (κ2) is 5.96. The Bertz CT molecular complexity index is 147. The van der Waals surface area contributed by atoms with E-state index in [9.17, 15) is 4.79 Å². The van der Waals surface area contributed by atoms with Crippen molar-refractivity contribution >= 4 is 40.6 Å². The van der Waals surface area contributed by atoms with Crippen LogP contribution in [0.25, 0.3) is 0 Å². The zero-order valence-electron chi connectivity index (χ0n) is 6.35. The summed E-state index contributed by atoms with van der Waals surface area (Å²) in [6, 6.07) is 0. The van der Waals surface area contributed by atoms with Crippen LogP contribution < -0.4 is 0 Å². The molecule has 0 saturated carbocycles. The van der Waals surface area contributed by atoms with E-state index < -0.39 is 10.6 Å². The molecule has 12 heavy (non-hydrogen) atoms. The minimum Gasteiger partial charge on any atom is -0.412 e. The zero-order chi connectivity index (χ0) is 9.07. The van der Waals surface area contributed by atoms with E-state index in [1.54, 1.807) is 0 Å². The molecule has 0 aromatic rings. The summed E-state index contributed by atoms with van der Waals surface area (Å²) in [4.78, 5) is 11.5. The third kappa shape index (κ3) is 5.99. The van der Waals surface area contributed by atoms with Crippen molar-refractivity contribution in [1.29, 1.82) is 0 Å². The Morgan fingerprint density at radius 2 is 1.92 bits per heavy atom. The molecule has 0 heterocycles. The number of ketones is 1. The van der Waals surface area contributed by atoms with Gasteiger partial charge in [0.2, 0.25) is 3.92 Å². The molecule has 0 rings (SSSR count). The van der Waals surface area contributed by atoms with Crippen LogP contribution in [0.2, 0.25) is 0 Å². The van der Waals surface area contributed by atoms with Gasteiger partial charge in [-0.2, -0.15) is 0 Å². The fraction of sp³-hybridized carbons (Fsp3) is 0.800. The Hall–Kier alpha value is 0.420. The van der Waals surface area contributed by atoms with Crippen LogP contribution in [0.4, 0.5) is 0 Å². The van der Waals surface area contributed by atoms with Crippen molar-refractivity contribution in [2.45, 2.75) is 10.8 Å². The van der Waals surface area contributed by atoms with Crippen molar-refractivity contribution in [2.75, 3.05) is 13.3 Å². The zero-order valence-corrected chi connectivity index (χ0v) is 8.62. The van der Waals surface area contributed by atoms with E-state index in [0.29, 0.717) is 0 Å². The van der Waals surface area contributed by atoms with Crippen LogP contribution in [0.3, 0.4) is 0 Å². The number of aliphatic hydroxyl groups is 1. The molecule has 0 aliphatic heterocycles. The molecule has 0 radical (unpaired) electrons. The lowest BCUT2D eigenvalue weighted by atomic mass is 10.4. The van der Waals surface area contributed by atoms with Gasteiger partial charge in [-0.3, -0.25) is 4.79 Å². The lowest BCUT2D eigenvalue weighted by Crippen LogP contribution is -2.39. The monoisotopic (exact) mass is 237 g/mol. The van der Waals surface area contributed by atoms with Gasteiger partial charge in [0.15, 0.2) is 0 Å². The van der Waals surface area contributed by atoms with Gasteiger partial charge in [0.1, 0.15) is 5.78 Å². The summed E-state index contributed by atoms with van der Waals surface area (Å²) in [6.07, 6.45) is 0. The van der Waals surface area contributed by atoms with Gasteiger partial charge in [-0.25, -0.2) is 4.90 Å². The van der Waals surface area contributed by atoms with Crippen molar-refractivity contribution in [1.82, 2.24) is 4.90 Å². The second-order valence-corrected chi connectivity index (χ2v) is 4.23. The molecular formula is C5H10Cl3NO3. The van der Waals surface area contributed by atoms with Crippen molar-refractivity contribution in [3.05, 3.63) is 0 Å². The van der Waals surface area contributed by atoms with E-state index in [2.05, 4.69) is 0 Å². The first-order valence-corrected chi connectivity index (χ1v) is 3.93. The van der Waals surface area contributed by atoms with Crippen LogP contribution in [-0.4, -0.2) is 38.5 Å². The van der Waals surface area contributed by atoms with E-state index in [1.165, 1.54) is 6.92 Å². The summed E-state index contributed by atoms with van der Waals surface area (Å²) in [5, 5.41) is 8.63. The van der Waals surface area contributed by atoms with E-state index in [0.717, 1.165) is 4.90 Å². The van der Waals surface area contributed by atoms with Gasteiger partial charge in [0.25, 0.3) is 0 Å². The highest BCUT2D eigenvalue weighted by molar-refractivity contribution is 6.67. The molecule has 0 unspecified atom stereocenters. The lowest BCUT2D eigenvalue weighted by molar-refractivity contribution is -0.119. The summed E-state index contributed by atoms with van der Waals surface area (Å²) < 4.78 is -1.72. The number of hydrogen-bond donors (Lipinski definition) is 1. The van der Waals surface area contributed by atoms with Crippen LogP contribution in [-0.2, 0) is 4.79 Å². The fourth-order valence-corrected chi connectivity index (χ4v) is 0.828. The standard InChI is InChI=1S/C5H8Cl3NO2.H2O/c1-4(11)2-9(3-10)5(6,7)8;/h10H,2-3H2,1H3;1H2. The van der Waals surface area contributed by atoms with Gasteiger partial charge in [-0.05, 0) is 6.92 Å². The highest BCUT2D eigenvalue weighted by atomic mass is 35.6. The molecule has 0 bridgehead atoms. The molecular weight excluding hydrogens is 228 g/mol. The summed E-state index contributed by atoms with van der Waals surface area (Å²) in [6.45, 7) is 0.808. The van der Waals surface area contributed by atoms with Crippen LogP contribution in [0, 0.1) is 0 Å². The maximum Gasteiger partial charge on any atom is 0.249 e. The van der Waals surface area contributed by atoms with E-state index >= 15 is 0 Å². The largest absolute Gasteiger partial charge is 0.412 e. The first-order valence-electron chi connectivity index (χ1n) is 2.80. The molecule has 3 N–H and O–H groups in total. The van der Waals surface area contributed by atoms with Gasteiger partial charge in [0.05, 0.1) is 13.3 Å². The van der Waals surface area contributed by atoms with Crippen molar-refractivity contribution in [2.24, 2.45) is 0 Å². The Kier molecular flexibility index (Phi) is 7.41. The molecule has 0 aromatic heterocycles.